The van der Waals surface area contributed by atoms with Gasteiger partial charge in [-0.05, 0) is 13.3 Å². The molecule has 11 heavy (non-hydrogen) atoms. The lowest BCUT2D eigenvalue weighted by atomic mass is 10.3. The molecule has 0 saturated carbocycles. The Morgan fingerprint density at radius 1 is 1.45 bits per heavy atom. The monoisotopic (exact) mass is 164 g/mol. The van der Waals surface area contributed by atoms with Crippen LogP contribution in [0.25, 0.3) is 0 Å². The third-order valence-electron chi connectivity index (χ3n) is 1.03. The minimum atomic E-state index is -0.287. The maximum atomic E-state index is 8.54. The summed E-state index contributed by atoms with van der Waals surface area (Å²) >= 11 is 0. The molecule has 0 aromatic heterocycles. The van der Waals surface area contributed by atoms with E-state index in [0.29, 0.717) is 6.54 Å². The van der Waals surface area contributed by atoms with E-state index in [1.807, 2.05) is 6.92 Å². The van der Waals surface area contributed by atoms with Crippen molar-refractivity contribution in [2.24, 2.45) is 11.5 Å². The van der Waals surface area contributed by atoms with Gasteiger partial charge in [-0.15, -0.1) is 0 Å². The quantitative estimate of drug-likeness (QED) is 0.432. The first kappa shape index (κ1) is 13.4. The Balaban J connectivity index is 0. The summed E-state index contributed by atoms with van der Waals surface area (Å²) in [7, 11) is 0. The Morgan fingerprint density at radius 2 is 1.82 bits per heavy atom. The molecule has 4 nitrogen and oxygen atoms in total. The fraction of sp³-hybridized carbons (Fsp3) is 1.00. The number of aliphatic hydroxyl groups is 2. The summed E-state index contributed by atoms with van der Waals surface area (Å²) in [6.07, 6.45) is 0.473. The lowest BCUT2D eigenvalue weighted by molar-refractivity contribution is 0.179. The molecule has 0 fully saturated rings. The van der Waals surface area contributed by atoms with Gasteiger partial charge in [0.25, 0.3) is 0 Å². The number of rotatable bonds is 3. The molecule has 0 radical (unpaired) electrons. The van der Waals surface area contributed by atoms with Gasteiger partial charge in [0.1, 0.15) is 0 Å². The number of nitrogens with two attached hydrogens (primary N) is 2. The molecule has 0 bridgehead atoms. The first-order valence-electron chi connectivity index (χ1n) is 3.83. The molecule has 0 amide bonds. The molecule has 0 aliphatic rings. The van der Waals surface area contributed by atoms with Crippen LogP contribution in [0.1, 0.15) is 20.3 Å². The van der Waals surface area contributed by atoms with Crippen LogP contribution in [0.3, 0.4) is 0 Å². The summed E-state index contributed by atoms with van der Waals surface area (Å²) in [4.78, 5) is 0. The number of aliphatic hydroxyl groups excluding tert-OH is 2. The van der Waals surface area contributed by atoms with Gasteiger partial charge < -0.3 is 21.7 Å². The van der Waals surface area contributed by atoms with Crippen molar-refractivity contribution in [1.82, 2.24) is 0 Å². The van der Waals surface area contributed by atoms with Crippen molar-refractivity contribution in [3.8, 4) is 0 Å². The molecule has 0 heterocycles. The topological polar surface area (TPSA) is 92.5 Å². The smallest absolute Gasteiger partial charge is 0.0659 e. The fourth-order valence-electron chi connectivity index (χ4n) is 0.167. The van der Waals surface area contributed by atoms with E-state index in [9.17, 15) is 0 Å². The van der Waals surface area contributed by atoms with Gasteiger partial charge in [0, 0.05) is 12.6 Å². The molecule has 2 unspecified atom stereocenters. The summed E-state index contributed by atoms with van der Waals surface area (Å²) in [5, 5.41) is 16.6. The Hall–Kier alpha value is -0.160. The minimum absolute atomic E-state index is 0.0602. The average molecular weight is 164 g/mol. The van der Waals surface area contributed by atoms with Crippen LogP contribution in [0.5, 0.6) is 0 Å². The zero-order chi connectivity index (χ0) is 9.28. The van der Waals surface area contributed by atoms with Crippen molar-refractivity contribution in [2.45, 2.75) is 32.4 Å². The molecule has 4 heteroatoms. The van der Waals surface area contributed by atoms with Crippen LogP contribution in [0.15, 0.2) is 0 Å². The largest absolute Gasteiger partial charge is 0.395 e. The Morgan fingerprint density at radius 3 is 1.82 bits per heavy atom. The molecule has 0 saturated heterocycles. The summed E-state index contributed by atoms with van der Waals surface area (Å²) in [6.45, 7) is 4.12. The fourth-order valence-corrected chi connectivity index (χ4v) is 0.167. The molecule has 70 valence electrons. The summed E-state index contributed by atoms with van der Waals surface area (Å²) < 4.78 is 0. The molecular formula is C7H20N2O2. The van der Waals surface area contributed by atoms with E-state index < -0.39 is 0 Å². The second kappa shape index (κ2) is 9.84. The zero-order valence-electron chi connectivity index (χ0n) is 7.33. The Labute approximate surface area is 68.2 Å². The Kier molecular flexibility index (Phi) is 12.0. The first-order valence-corrected chi connectivity index (χ1v) is 3.83. The van der Waals surface area contributed by atoms with Gasteiger partial charge in [-0.25, -0.2) is 0 Å². The van der Waals surface area contributed by atoms with Crippen LogP contribution < -0.4 is 11.5 Å². The van der Waals surface area contributed by atoms with Crippen LogP contribution in [0.2, 0.25) is 0 Å². The molecule has 6 N–H and O–H groups in total. The molecular weight excluding hydrogens is 144 g/mol. The maximum absolute atomic E-state index is 8.54. The van der Waals surface area contributed by atoms with Crippen LogP contribution in [-0.4, -0.2) is 35.5 Å². The predicted molar refractivity (Wildman–Crippen MR) is 46.1 cm³/mol. The first-order chi connectivity index (χ1) is 5.08. The van der Waals surface area contributed by atoms with Crippen molar-refractivity contribution >= 4 is 0 Å². The van der Waals surface area contributed by atoms with E-state index in [-0.39, 0.29) is 18.8 Å². The molecule has 0 aliphatic carbocycles. The van der Waals surface area contributed by atoms with Gasteiger partial charge in [0.05, 0.1) is 12.7 Å². The van der Waals surface area contributed by atoms with Gasteiger partial charge in [-0.2, -0.15) is 0 Å². The van der Waals surface area contributed by atoms with Crippen molar-refractivity contribution < 1.29 is 10.2 Å². The van der Waals surface area contributed by atoms with Crippen molar-refractivity contribution in [3.05, 3.63) is 0 Å². The number of hydrogen-bond donors (Lipinski definition) is 4. The van der Waals surface area contributed by atoms with E-state index in [0.717, 1.165) is 6.42 Å². The van der Waals surface area contributed by atoms with Crippen molar-refractivity contribution in [2.75, 3.05) is 13.2 Å². The number of hydrogen-bond acceptors (Lipinski definition) is 4. The van der Waals surface area contributed by atoms with Crippen LogP contribution in [0, 0.1) is 0 Å². The zero-order valence-corrected chi connectivity index (χ0v) is 7.33. The molecule has 0 rings (SSSR count). The normalized spacial score (nSPS) is 14.7. The second-order valence-corrected chi connectivity index (χ2v) is 2.46. The molecule has 0 aromatic rings. The van der Waals surface area contributed by atoms with Gasteiger partial charge in [0.15, 0.2) is 0 Å². The SMILES string of the molecule is CC(N)CO.CCC(O)CN. The molecule has 0 aromatic carbocycles. The van der Waals surface area contributed by atoms with Crippen LogP contribution >= 0.6 is 0 Å². The molecule has 0 spiro atoms. The molecule has 2 atom stereocenters. The van der Waals surface area contributed by atoms with E-state index in [1.165, 1.54) is 0 Å². The lowest BCUT2D eigenvalue weighted by Crippen LogP contribution is -2.18. The predicted octanol–water partition coefficient (Wildman–Crippen LogP) is -0.958. The van der Waals surface area contributed by atoms with E-state index in [4.69, 9.17) is 21.7 Å². The third kappa shape index (κ3) is 17.7. The summed E-state index contributed by atoms with van der Waals surface area (Å²) in [5.74, 6) is 0. The lowest BCUT2D eigenvalue weighted by Gasteiger charge is -1.98. The third-order valence-corrected chi connectivity index (χ3v) is 1.03. The van der Waals surface area contributed by atoms with E-state index in [1.54, 1.807) is 6.92 Å². The van der Waals surface area contributed by atoms with Crippen molar-refractivity contribution in [1.29, 1.82) is 0 Å². The van der Waals surface area contributed by atoms with Gasteiger partial charge in [-0.1, -0.05) is 6.92 Å². The minimum Gasteiger partial charge on any atom is -0.395 e. The average Bonchev–Trinajstić information content (AvgIpc) is 2.04. The van der Waals surface area contributed by atoms with E-state index >= 15 is 0 Å². The van der Waals surface area contributed by atoms with Crippen LogP contribution in [-0.2, 0) is 0 Å². The van der Waals surface area contributed by atoms with Gasteiger partial charge in [-0.3, -0.25) is 0 Å². The highest BCUT2D eigenvalue weighted by Crippen LogP contribution is 1.81. The standard InChI is InChI=1S/C4H11NO.C3H9NO/c1-2-4(6)3-5;1-3(4)2-5/h4,6H,2-3,5H2,1H3;3,5H,2,4H2,1H3. The maximum Gasteiger partial charge on any atom is 0.0659 e. The van der Waals surface area contributed by atoms with Gasteiger partial charge in [0.2, 0.25) is 0 Å². The summed E-state index contributed by atoms with van der Waals surface area (Å²) in [5.41, 5.74) is 10.1. The van der Waals surface area contributed by atoms with Gasteiger partial charge >= 0.3 is 0 Å². The highest BCUT2D eigenvalue weighted by atomic mass is 16.3. The highest BCUT2D eigenvalue weighted by Gasteiger charge is 1.90. The highest BCUT2D eigenvalue weighted by molar-refractivity contribution is 4.48. The second-order valence-electron chi connectivity index (χ2n) is 2.46. The van der Waals surface area contributed by atoms with E-state index in [2.05, 4.69) is 0 Å². The summed E-state index contributed by atoms with van der Waals surface area (Å²) in [6, 6.07) is -0.0602. The van der Waals surface area contributed by atoms with Crippen molar-refractivity contribution in [3.63, 3.8) is 0 Å². The Bertz CT molecular complexity index is 65.5. The molecule has 0 aliphatic heterocycles. The van der Waals surface area contributed by atoms with Crippen LogP contribution in [0.4, 0.5) is 0 Å².